The van der Waals surface area contributed by atoms with Gasteiger partial charge < -0.3 is 14.5 Å². The number of rotatable bonds is 3. The lowest BCUT2D eigenvalue weighted by molar-refractivity contribution is -0.127. The lowest BCUT2D eigenvalue weighted by Crippen LogP contribution is -2.37. The number of carbonyl (C=O) groups excluding carboxylic acids is 2. The Morgan fingerprint density at radius 3 is 2.58 bits per heavy atom. The fourth-order valence-electron chi connectivity index (χ4n) is 2.07. The SMILES string of the molecule is CN(CC1CCN(C(=O)OC(C)(C)C)C1)C(=O)CCl. The zero-order valence-electron chi connectivity index (χ0n) is 12.1. The average Bonchev–Trinajstić information content (AvgIpc) is 2.74. The summed E-state index contributed by atoms with van der Waals surface area (Å²) in [6.45, 7) is 7.50. The lowest BCUT2D eigenvalue weighted by atomic mass is 10.1. The van der Waals surface area contributed by atoms with Crippen LogP contribution in [0.1, 0.15) is 27.2 Å². The molecule has 110 valence electrons. The predicted octanol–water partition coefficient (Wildman–Crippen LogP) is 1.94. The molecular weight excluding hydrogens is 268 g/mol. The van der Waals surface area contributed by atoms with Gasteiger partial charge in [0.1, 0.15) is 11.5 Å². The maximum Gasteiger partial charge on any atom is 0.410 e. The molecule has 0 aromatic carbocycles. The highest BCUT2D eigenvalue weighted by molar-refractivity contribution is 6.27. The van der Waals surface area contributed by atoms with Gasteiger partial charge in [0, 0.05) is 26.7 Å². The predicted molar refractivity (Wildman–Crippen MR) is 74.3 cm³/mol. The highest BCUT2D eigenvalue weighted by atomic mass is 35.5. The Balaban J connectivity index is 2.41. The average molecular weight is 291 g/mol. The van der Waals surface area contributed by atoms with Crippen LogP contribution in [-0.2, 0) is 9.53 Å². The minimum Gasteiger partial charge on any atom is -0.444 e. The molecule has 0 N–H and O–H groups in total. The zero-order chi connectivity index (χ0) is 14.6. The van der Waals surface area contributed by atoms with E-state index in [1.54, 1.807) is 16.8 Å². The summed E-state index contributed by atoms with van der Waals surface area (Å²) in [5.74, 6) is 0.209. The standard InChI is InChI=1S/C13H23ClN2O3/c1-13(2,3)19-12(18)16-6-5-10(9-16)8-15(4)11(17)7-14/h10H,5-9H2,1-4H3. The van der Waals surface area contributed by atoms with Crippen LogP contribution < -0.4 is 0 Å². The van der Waals surface area contributed by atoms with Gasteiger partial charge in [-0.15, -0.1) is 11.6 Å². The van der Waals surface area contributed by atoms with Gasteiger partial charge in [-0.3, -0.25) is 4.79 Å². The molecule has 0 aromatic rings. The van der Waals surface area contributed by atoms with Crippen molar-refractivity contribution >= 4 is 23.6 Å². The number of carbonyl (C=O) groups is 2. The summed E-state index contributed by atoms with van der Waals surface area (Å²) >= 11 is 5.51. The summed E-state index contributed by atoms with van der Waals surface area (Å²) in [5.41, 5.74) is -0.472. The van der Waals surface area contributed by atoms with E-state index >= 15 is 0 Å². The molecule has 1 aliphatic heterocycles. The number of halogens is 1. The molecule has 0 bridgehead atoms. The van der Waals surface area contributed by atoms with E-state index < -0.39 is 5.60 Å². The minimum absolute atomic E-state index is 0.000992. The van der Waals surface area contributed by atoms with Crippen molar-refractivity contribution in [1.29, 1.82) is 0 Å². The molecule has 0 aromatic heterocycles. The number of ether oxygens (including phenoxy) is 1. The Bertz CT molecular complexity index is 341. The van der Waals surface area contributed by atoms with Crippen molar-refractivity contribution in [2.45, 2.75) is 32.8 Å². The maximum absolute atomic E-state index is 11.9. The van der Waals surface area contributed by atoms with Gasteiger partial charge in [-0.1, -0.05) is 0 Å². The van der Waals surface area contributed by atoms with E-state index in [1.165, 1.54) is 0 Å². The van der Waals surface area contributed by atoms with Crippen molar-refractivity contribution in [2.75, 3.05) is 32.6 Å². The van der Waals surface area contributed by atoms with Gasteiger partial charge in [-0.2, -0.15) is 0 Å². The molecule has 0 radical (unpaired) electrons. The Morgan fingerprint density at radius 1 is 1.42 bits per heavy atom. The molecule has 1 rings (SSSR count). The second-order valence-corrected chi connectivity index (χ2v) is 6.26. The van der Waals surface area contributed by atoms with Crippen molar-refractivity contribution in [3.8, 4) is 0 Å². The normalized spacial score (nSPS) is 19.4. The fraction of sp³-hybridized carbons (Fsp3) is 0.846. The number of hydrogen-bond donors (Lipinski definition) is 0. The molecule has 19 heavy (non-hydrogen) atoms. The second-order valence-electron chi connectivity index (χ2n) is 5.99. The molecular formula is C13H23ClN2O3. The summed E-state index contributed by atoms with van der Waals surface area (Å²) in [6, 6.07) is 0. The van der Waals surface area contributed by atoms with Gasteiger partial charge >= 0.3 is 6.09 Å². The van der Waals surface area contributed by atoms with Gasteiger partial charge in [0.25, 0.3) is 0 Å². The van der Waals surface area contributed by atoms with Gasteiger partial charge in [0.05, 0.1) is 0 Å². The Hall–Kier alpha value is -0.970. The van der Waals surface area contributed by atoms with Crippen molar-refractivity contribution in [3.63, 3.8) is 0 Å². The summed E-state index contributed by atoms with van der Waals surface area (Å²) in [6.07, 6.45) is 0.611. The minimum atomic E-state index is -0.472. The van der Waals surface area contributed by atoms with Gasteiger partial charge in [0.2, 0.25) is 5.91 Å². The molecule has 0 spiro atoms. The molecule has 2 amide bonds. The van der Waals surface area contributed by atoms with Crippen LogP contribution in [0, 0.1) is 5.92 Å². The molecule has 1 atom stereocenters. The lowest BCUT2D eigenvalue weighted by Gasteiger charge is -2.25. The third kappa shape index (κ3) is 5.27. The first-order valence-electron chi connectivity index (χ1n) is 6.51. The number of likely N-dealkylation sites (tertiary alicyclic amines) is 1. The van der Waals surface area contributed by atoms with Crippen molar-refractivity contribution in [1.82, 2.24) is 9.80 Å². The molecule has 1 fully saturated rings. The number of alkyl halides is 1. The topological polar surface area (TPSA) is 49.9 Å². The highest BCUT2D eigenvalue weighted by Crippen LogP contribution is 2.20. The van der Waals surface area contributed by atoms with Crippen LogP contribution in [0.3, 0.4) is 0 Å². The second kappa shape index (κ2) is 6.46. The van der Waals surface area contributed by atoms with E-state index in [-0.39, 0.29) is 17.9 Å². The smallest absolute Gasteiger partial charge is 0.410 e. The third-order valence-electron chi connectivity index (χ3n) is 3.01. The highest BCUT2D eigenvalue weighted by Gasteiger charge is 2.30. The number of hydrogen-bond acceptors (Lipinski definition) is 3. The van der Waals surface area contributed by atoms with Crippen LogP contribution in [-0.4, -0.2) is 60.0 Å². The van der Waals surface area contributed by atoms with Crippen LogP contribution >= 0.6 is 11.6 Å². The molecule has 1 aliphatic rings. The van der Waals surface area contributed by atoms with Crippen molar-refractivity contribution in [2.24, 2.45) is 5.92 Å². The van der Waals surface area contributed by atoms with Gasteiger partial charge in [-0.05, 0) is 33.1 Å². The molecule has 0 saturated carbocycles. The Kier molecular flexibility index (Phi) is 5.47. The first-order chi connectivity index (χ1) is 8.73. The van der Waals surface area contributed by atoms with E-state index in [0.717, 1.165) is 6.42 Å². The summed E-state index contributed by atoms with van der Waals surface area (Å²) in [7, 11) is 1.74. The summed E-state index contributed by atoms with van der Waals surface area (Å²) < 4.78 is 5.33. The molecule has 1 heterocycles. The largest absolute Gasteiger partial charge is 0.444 e. The number of nitrogens with zero attached hydrogens (tertiary/aromatic N) is 2. The fourth-order valence-corrected chi connectivity index (χ4v) is 2.27. The molecule has 1 saturated heterocycles. The zero-order valence-corrected chi connectivity index (χ0v) is 12.9. The monoisotopic (exact) mass is 290 g/mol. The van der Waals surface area contributed by atoms with Crippen LogP contribution in [0.25, 0.3) is 0 Å². The Morgan fingerprint density at radius 2 is 2.05 bits per heavy atom. The maximum atomic E-state index is 11.9. The Labute approximate surface area is 119 Å². The van der Waals surface area contributed by atoms with Gasteiger partial charge in [0.15, 0.2) is 0 Å². The summed E-state index contributed by atoms with van der Waals surface area (Å²) in [5, 5.41) is 0. The quantitative estimate of drug-likeness (QED) is 0.747. The molecule has 5 nitrogen and oxygen atoms in total. The summed E-state index contributed by atoms with van der Waals surface area (Å²) in [4.78, 5) is 26.6. The molecule has 1 unspecified atom stereocenters. The van der Waals surface area contributed by atoms with E-state index in [4.69, 9.17) is 16.3 Å². The van der Waals surface area contributed by atoms with E-state index in [1.807, 2.05) is 20.8 Å². The van der Waals surface area contributed by atoms with E-state index in [2.05, 4.69) is 0 Å². The van der Waals surface area contributed by atoms with Crippen LogP contribution in [0.15, 0.2) is 0 Å². The van der Waals surface area contributed by atoms with E-state index in [0.29, 0.717) is 25.6 Å². The van der Waals surface area contributed by atoms with Crippen molar-refractivity contribution in [3.05, 3.63) is 0 Å². The van der Waals surface area contributed by atoms with Gasteiger partial charge in [-0.25, -0.2) is 4.79 Å². The first kappa shape index (κ1) is 16.1. The molecule has 6 heteroatoms. The third-order valence-corrected chi connectivity index (χ3v) is 3.24. The van der Waals surface area contributed by atoms with Crippen molar-refractivity contribution < 1.29 is 14.3 Å². The van der Waals surface area contributed by atoms with E-state index in [9.17, 15) is 9.59 Å². The van der Waals surface area contributed by atoms with Crippen LogP contribution in [0.4, 0.5) is 4.79 Å². The van der Waals surface area contributed by atoms with Crippen LogP contribution in [0.5, 0.6) is 0 Å². The molecule has 0 aliphatic carbocycles. The van der Waals surface area contributed by atoms with Crippen LogP contribution in [0.2, 0.25) is 0 Å². The first-order valence-corrected chi connectivity index (χ1v) is 7.04. The number of amides is 2.